The van der Waals surface area contributed by atoms with E-state index >= 15 is 0 Å². The van der Waals surface area contributed by atoms with Gasteiger partial charge in [-0.1, -0.05) is 31.9 Å². The Labute approximate surface area is 138 Å². The molecule has 1 fully saturated rings. The maximum absolute atomic E-state index is 12.9. The Morgan fingerprint density at radius 1 is 1.12 bits per heavy atom. The van der Waals surface area contributed by atoms with Crippen molar-refractivity contribution in [1.82, 2.24) is 5.32 Å². The van der Waals surface area contributed by atoms with E-state index in [1.54, 1.807) is 0 Å². The van der Waals surface area contributed by atoms with Gasteiger partial charge in [-0.05, 0) is 25.0 Å². The number of benzene rings is 1. The standard InChI is InChI=1S/C17H21F3N2O2/c1-2-3-6-9-21-15(23)11-10-12(11)16(24)22-14-8-5-4-7-13(14)17(18,19)20/h4-5,7-8,11-12H,2-3,6,9-10H2,1H3,(H,21,23)(H,22,24). The molecule has 0 heterocycles. The molecule has 0 bridgehead atoms. The highest BCUT2D eigenvalue weighted by Crippen LogP contribution is 2.41. The van der Waals surface area contributed by atoms with E-state index in [2.05, 4.69) is 17.6 Å². The fourth-order valence-electron chi connectivity index (χ4n) is 2.56. The van der Waals surface area contributed by atoms with E-state index in [-0.39, 0.29) is 11.6 Å². The summed E-state index contributed by atoms with van der Waals surface area (Å²) in [7, 11) is 0. The molecule has 1 saturated carbocycles. The van der Waals surface area contributed by atoms with Crippen LogP contribution in [-0.2, 0) is 15.8 Å². The van der Waals surface area contributed by atoms with E-state index in [4.69, 9.17) is 0 Å². The van der Waals surface area contributed by atoms with Crippen LogP contribution in [0.25, 0.3) is 0 Å². The Morgan fingerprint density at radius 3 is 2.46 bits per heavy atom. The van der Waals surface area contributed by atoms with Crippen LogP contribution in [0.1, 0.15) is 38.2 Å². The number of nitrogens with one attached hydrogen (secondary N) is 2. The second-order valence-electron chi connectivity index (χ2n) is 5.98. The summed E-state index contributed by atoms with van der Waals surface area (Å²) in [6, 6.07) is 4.82. The third kappa shape index (κ3) is 4.72. The van der Waals surface area contributed by atoms with Crippen molar-refractivity contribution >= 4 is 17.5 Å². The van der Waals surface area contributed by atoms with Gasteiger partial charge in [-0.2, -0.15) is 13.2 Å². The number of unbranched alkanes of at least 4 members (excludes halogenated alkanes) is 2. The molecule has 132 valence electrons. The van der Waals surface area contributed by atoms with E-state index < -0.39 is 29.5 Å². The van der Waals surface area contributed by atoms with Gasteiger partial charge in [0.15, 0.2) is 0 Å². The molecule has 24 heavy (non-hydrogen) atoms. The molecule has 1 aliphatic rings. The number of carbonyl (C=O) groups is 2. The van der Waals surface area contributed by atoms with Crippen molar-refractivity contribution in [2.75, 3.05) is 11.9 Å². The molecular weight excluding hydrogens is 321 g/mol. The topological polar surface area (TPSA) is 58.2 Å². The Kier molecular flexibility index (Phi) is 5.85. The minimum atomic E-state index is -4.54. The lowest BCUT2D eigenvalue weighted by Gasteiger charge is -2.13. The van der Waals surface area contributed by atoms with Crippen LogP contribution in [-0.4, -0.2) is 18.4 Å². The minimum absolute atomic E-state index is 0.199. The summed E-state index contributed by atoms with van der Waals surface area (Å²) in [6.07, 6.45) is -1.22. The Morgan fingerprint density at radius 2 is 1.79 bits per heavy atom. The van der Waals surface area contributed by atoms with Gasteiger partial charge in [0.1, 0.15) is 0 Å². The molecule has 0 saturated heterocycles. The van der Waals surface area contributed by atoms with Crippen LogP contribution < -0.4 is 10.6 Å². The minimum Gasteiger partial charge on any atom is -0.356 e. The van der Waals surface area contributed by atoms with Crippen LogP contribution in [0.2, 0.25) is 0 Å². The second kappa shape index (κ2) is 7.68. The van der Waals surface area contributed by atoms with Gasteiger partial charge in [0, 0.05) is 6.54 Å². The third-order valence-corrected chi connectivity index (χ3v) is 4.03. The molecule has 7 heteroatoms. The van der Waals surface area contributed by atoms with Crippen LogP contribution in [0.15, 0.2) is 24.3 Å². The molecular formula is C17H21F3N2O2. The number of anilines is 1. The Bertz CT molecular complexity index is 602. The van der Waals surface area contributed by atoms with Gasteiger partial charge >= 0.3 is 6.18 Å². The van der Waals surface area contributed by atoms with Crippen LogP contribution in [0, 0.1) is 11.8 Å². The van der Waals surface area contributed by atoms with E-state index in [9.17, 15) is 22.8 Å². The van der Waals surface area contributed by atoms with Gasteiger partial charge in [0.2, 0.25) is 11.8 Å². The first-order valence-corrected chi connectivity index (χ1v) is 8.09. The summed E-state index contributed by atoms with van der Waals surface area (Å²) in [5.41, 5.74) is -1.16. The SMILES string of the molecule is CCCCCNC(=O)C1CC1C(=O)Nc1ccccc1C(F)(F)F. The number of para-hydroxylation sites is 1. The van der Waals surface area contributed by atoms with Crippen molar-refractivity contribution in [3.63, 3.8) is 0 Å². The highest BCUT2D eigenvalue weighted by atomic mass is 19.4. The number of rotatable bonds is 7. The van der Waals surface area contributed by atoms with Crippen molar-refractivity contribution in [3.8, 4) is 0 Å². The van der Waals surface area contributed by atoms with Gasteiger partial charge in [-0.15, -0.1) is 0 Å². The zero-order chi connectivity index (χ0) is 17.7. The van der Waals surface area contributed by atoms with Crippen LogP contribution in [0.4, 0.5) is 18.9 Å². The van der Waals surface area contributed by atoms with Crippen molar-refractivity contribution in [2.45, 2.75) is 38.8 Å². The number of alkyl halides is 3. The molecule has 2 unspecified atom stereocenters. The first-order chi connectivity index (χ1) is 11.3. The molecule has 2 amide bonds. The van der Waals surface area contributed by atoms with Crippen molar-refractivity contribution in [1.29, 1.82) is 0 Å². The third-order valence-electron chi connectivity index (χ3n) is 4.03. The fourth-order valence-corrected chi connectivity index (χ4v) is 2.56. The summed E-state index contributed by atoms with van der Waals surface area (Å²) in [5, 5.41) is 5.07. The van der Waals surface area contributed by atoms with Crippen LogP contribution in [0.3, 0.4) is 0 Å². The van der Waals surface area contributed by atoms with Crippen molar-refractivity contribution in [2.24, 2.45) is 11.8 Å². The summed E-state index contributed by atoms with van der Waals surface area (Å²) < 4.78 is 38.7. The maximum Gasteiger partial charge on any atom is 0.418 e. The van der Waals surface area contributed by atoms with Gasteiger partial charge in [-0.3, -0.25) is 9.59 Å². The van der Waals surface area contributed by atoms with Crippen LogP contribution in [0.5, 0.6) is 0 Å². The molecule has 0 radical (unpaired) electrons. The lowest BCUT2D eigenvalue weighted by molar-refractivity contribution is -0.137. The van der Waals surface area contributed by atoms with E-state index in [1.807, 2.05) is 0 Å². The fraction of sp³-hybridized carbons (Fsp3) is 0.529. The average molecular weight is 342 g/mol. The second-order valence-corrected chi connectivity index (χ2v) is 5.98. The highest BCUT2D eigenvalue weighted by Gasteiger charge is 2.48. The molecule has 4 nitrogen and oxygen atoms in total. The number of hydrogen-bond acceptors (Lipinski definition) is 2. The molecule has 0 spiro atoms. The first-order valence-electron chi connectivity index (χ1n) is 8.09. The van der Waals surface area contributed by atoms with Crippen molar-refractivity contribution < 1.29 is 22.8 Å². The molecule has 1 aromatic carbocycles. The number of hydrogen-bond donors (Lipinski definition) is 2. The molecule has 1 aromatic rings. The first kappa shape index (κ1) is 18.3. The number of amides is 2. The highest BCUT2D eigenvalue weighted by molar-refractivity contribution is 5.99. The number of carbonyl (C=O) groups excluding carboxylic acids is 2. The zero-order valence-corrected chi connectivity index (χ0v) is 13.5. The van der Waals surface area contributed by atoms with E-state index in [0.29, 0.717) is 13.0 Å². The molecule has 1 aliphatic carbocycles. The van der Waals surface area contributed by atoms with E-state index in [0.717, 1.165) is 25.3 Å². The molecule has 2 atom stereocenters. The number of halogens is 3. The molecule has 0 aliphatic heterocycles. The summed E-state index contributed by atoms with van der Waals surface area (Å²) in [6.45, 7) is 2.62. The van der Waals surface area contributed by atoms with Crippen LogP contribution >= 0.6 is 0 Å². The molecule has 2 N–H and O–H groups in total. The lowest BCUT2D eigenvalue weighted by Crippen LogP contribution is -2.28. The molecule has 0 aromatic heterocycles. The largest absolute Gasteiger partial charge is 0.418 e. The molecule has 2 rings (SSSR count). The van der Waals surface area contributed by atoms with Gasteiger partial charge in [-0.25, -0.2) is 0 Å². The summed E-state index contributed by atoms with van der Waals surface area (Å²) in [4.78, 5) is 24.0. The van der Waals surface area contributed by atoms with Gasteiger partial charge < -0.3 is 10.6 Å². The average Bonchev–Trinajstić information content (AvgIpc) is 3.31. The maximum atomic E-state index is 12.9. The predicted octanol–water partition coefficient (Wildman–Crippen LogP) is 3.59. The Balaban J connectivity index is 1.88. The van der Waals surface area contributed by atoms with E-state index in [1.165, 1.54) is 18.2 Å². The quantitative estimate of drug-likeness (QED) is 0.744. The monoisotopic (exact) mass is 342 g/mol. The van der Waals surface area contributed by atoms with Gasteiger partial charge in [0.25, 0.3) is 0 Å². The van der Waals surface area contributed by atoms with Crippen molar-refractivity contribution in [3.05, 3.63) is 29.8 Å². The predicted molar refractivity (Wildman–Crippen MR) is 84.2 cm³/mol. The normalized spacial score (nSPS) is 19.7. The summed E-state index contributed by atoms with van der Waals surface area (Å²) >= 11 is 0. The zero-order valence-electron chi connectivity index (χ0n) is 13.5. The summed E-state index contributed by atoms with van der Waals surface area (Å²) in [5.74, 6) is -1.74. The lowest BCUT2D eigenvalue weighted by atomic mass is 10.1. The Hall–Kier alpha value is -2.05. The van der Waals surface area contributed by atoms with Gasteiger partial charge in [0.05, 0.1) is 23.1 Å². The smallest absolute Gasteiger partial charge is 0.356 e.